The van der Waals surface area contributed by atoms with E-state index in [0.717, 1.165) is 13.2 Å². The van der Waals surface area contributed by atoms with Crippen LogP contribution in [0.15, 0.2) is 0 Å². The number of hydrogen-bond acceptors (Lipinski definition) is 2. The average molecular weight is 129 g/mol. The molecule has 54 valence electrons. The van der Waals surface area contributed by atoms with E-state index >= 15 is 0 Å². The fourth-order valence-electron chi connectivity index (χ4n) is 0.774. The summed E-state index contributed by atoms with van der Waals surface area (Å²) in [5, 5.41) is 3.18. The second-order valence-electron chi connectivity index (χ2n) is 2.46. The Labute approximate surface area is 56.6 Å². The Hall–Kier alpha value is -0.0800. The van der Waals surface area contributed by atoms with Crippen LogP contribution in [0.5, 0.6) is 0 Å². The molecule has 0 radical (unpaired) electrons. The first-order valence-electron chi connectivity index (χ1n) is 3.78. The molecule has 9 heavy (non-hydrogen) atoms. The van der Waals surface area contributed by atoms with Gasteiger partial charge in [0.2, 0.25) is 0 Å². The number of ether oxygens (including phenoxy) is 1. The van der Waals surface area contributed by atoms with E-state index in [9.17, 15) is 0 Å². The summed E-state index contributed by atoms with van der Waals surface area (Å²) in [4.78, 5) is 0. The van der Waals surface area contributed by atoms with Crippen LogP contribution in [0.1, 0.15) is 26.2 Å². The lowest BCUT2D eigenvalue weighted by Crippen LogP contribution is -2.44. The Bertz CT molecular complexity index is 71.3. The normalized spacial score (nSPS) is 25.7. The van der Waals surface area contributed by atoms with Crippen molar-refractivity contribution in [3.05, 3.63) is 0 Å². The minimum Gasteiger partial charge on any atom is -0.363 e. The molecule has 1 atom stereocenters. The van der Waals surface area contributed by atoms with Crippen molar-refractivity contribution in [3.8, 4) is 0 Å². The van der Waals surface area contributed by atoms with Gasteiger partial charge in [0.15, 0.2) is 0 Å². The third-order valence-corrected chi connectivity index (χ3v) is 1.60. The van der Waals surface area contributed by atoms with E-state index in [2.05, 4.69) is 12.2 Å². The second kappa shape index (κ2) is 3.85. The van der Waals surface area contributed by atoms with Crippen molar-refractivity contribution in [1.29, 1.82) is 0 Å². The smallest absolute Gasteiger partial charge is 0.109 e. The second-order valence-corrected chi connectivity index (χ2v) is 2.46. The van der Waals surface area contributed by atoms with Gasteiger partial charge in [-0.15, -0.1) is 0 Å². The lowest BCUT2D eigenvalue weighted by atomic mass is 10.2. The number of hydrogen-bond donors (Lipinski definition) is 1. The lowest BCUT2D eigenvalue weighted by molar-refractivity contribution is -0.0143. The molecule has 1 heterocycles. The zero-order valence-electron chi connectivity index (χ0n) is 6.02. The van der Waals surface area contributed by atoms with Gasteiger partial charge >= 0.3 is 0 Å². The molecule has 0 aromatic carbocycles. The molecule has 0 aliphatic carbocycles. The van der Waals surface area contributed by atoms with Gasteiger partial charge in [0.05, 0.1) is 0 Å². The first kappa shape index (κ1) is 7.03. The van der Waals surface area contributed by atoms with Crippen molar-refractivity contribution in [2.75, 3.05) is 13.2 Å². The highest BCUT2D eigenvalue weighted by molar-refractivity contribution is 4.67. The highest BCUT2D eigenvalue weighted by Crippen LogP contribution is 2.03. The fraction of sp³-hybridized carbons (Fsp3) is 1.00. The van der Waals surface area contributed by atoms with E-state index in [-0.39, 0.29) is 0 Å². The fourth-order valence-corrected chi connectivity index (χ4v) is 0.774. The third-order valence-electron chi connectivity index (χ3n) is 1.60. The standard InChI is InChI=1S/C7H15NO/c1-2-3-6-9-7-4-5-8-7/h7-8H,2-6H2,1H3/t7-/m1/s1. The van der Waals surface area contributed by atoms with Crippen LogP contribution in [0.4, 0.5) is 0 Å². The van der Waals surface area contributed by atoms with Gasteiger partial charge in [0.25, 0.3) is 0 Å². The largest absolute Gasteiger partial charge is 0.363 e. The number of rotatable bonds is 4. The molecule has 1 rings (SSSR count). The van der Waals surface area contributed by atoms with Gasteiger partial charge in [-0.2, -0.15) is 0 Å². The van der Waals surface area contributed by atoms with E-state index in [1.807, 2.05) is 0 Å². The predicted octanol–water partition coefficient (Wildman–Crippen LogP) is 1.12. The minimum absolute atomic E-state index is 0.386. The van der Waals surface area contributed by atoms with Crippen LogP contribution in [0.25, 0.3) is 0 Å². The highest BCUT2D eigenvalue weighted by Gasteiger charge is 2.15. The topological polar surface area (TPSA) is 21.3 Å². The summed E-state index contributed by atoms with van der Waals surface area (Å²) < 4.78 is 5.41. The van der Waals surface area contributed by atoms with Gasteiger partial charge in [0.1, 0.15) is 6.23 Å². The van der Waals surface area contributed by atoms with Crippen LogP contribution in [0.2, 0.25) is 0 Å². The van der Waals surface area contributed by atoms with Crippen LogP contribution in [-0.4, -0.2) is 19.4 Å². The maximum Gasteiger partial charge on any atom is 0.109 e. The maximum absolute atomic E-state index is 5.41. The van der Waals surface area contributed by atoms with E-state index in [4.69, 9.17) is 4.74 Å². The summed E-state index contributed by atoms with van der Waals surface area (Å²) in [6.45, 7) is 4.24. The minimum atomic E-state index is 0.386. The molecule has 2 heteroatoms. The third kappa shape index (κ3) is 2.33. The average Bonchev–Trinajstić information content (AvgIpc) is 1.76. The Balaban J connectivity index is 1.80. The zero-order valence-corrected chi connectivity index (χ0v) is 6.02. The molecule has 0 amide bonds. The van der Waals surface area contributed by atoms with Crippen LogP contribution < -0.4 is 5.32 Å². The Morgan fingerprint density at radius 2 is 2.44 bits per heavy atom. The first-order valence-corrected chi connectivity index (χ1v) is 3.78. The molecule has 1 aliphatic heterocycles. The van der Waals surface area contributed by atoms with Gasteiger partial charge in [-0.1, -0.05) is 13.3 Å². The van der Waals surface area contributed by atoms with E-state index in [1.165, 1.54) is 19.3 Å². The molecule has 0 unspecified atom stereocenters. The van der Waals surface area contributed by atoms with Crippen molar-refractivity contribution in [2.24, 2.45) is 0 Å². The first-order chi connectivity index (χ1) is 4.43. The highest BCUT2D eigenvalue weighted by atomic mass is 16.5. The Kier molecular flexibility index (Phi) is 3.01. The molecule has 1 aliphatic rings. The van der Waals surface area contributed by atoms with Gasteiger partial charge in [0, 0.05) is 13.2 Å². The predicted molar refractivity (Wildman–Crippen MR) is 37.3 cm³/mol. The molecule has 1 saturated heterocycles. The van der Waals surface area contributed by atoms with Gasteiger partial charge in [-0.05, 0) is 12.8 Å². The van der Waals surface area contributed by atoms with Crippen LogP contribution >= 0.6 is 0 Å². The summed E-state index contributed by atoms with van der Waals surface area (Å²) in [6, 6.07) is 0. The van der Waals surface area contributed by atoms with Gasteiger partial charge in [-0.25, -0.2) is 0 Å². The Morgan fingerprint density at radius 3 is 2.89 bits per heavy atom. The molecule has 0 aromatic heterocycles. The van der Waals surface area contributed by atoms with Crippen LogP contribution in [-0.2, 0) is 4.74 Å². The SMILES string of the molecule is CCCCO[C@@H]1CCN1. The van der Waals surface area contributed by atoms with Gasteiger partial charge in [-0.3, -0.25) is 5.32 Å². The number of nitrogens with one attached hydrogen (secondary N) is 1. The molecule has 0 spiro atoms. The van der Waals surface area contributed by atoms with E-state index in [0.29, 0.717) is 6.23 Å². The molecular formula is C7H15NO. The quantitative estimate of drug-likeness (QED) is 0.574. The van der Waals surface area contributed by atoms with Crippen molar-refractivity contribution in [3.63, 3.8) is 0 Å². The van der Waals surface area contributed by atoms with Crippen molar-refractivity contribution < 1.29 is 4.74 Å². The summed E-state index contributed by atoms with van der Waals surface area (Å²) >= 11 is 0. The molecule has 0 bridgehead atoms. The lowest BCUT2D eigenvalue weighted by Gasteiger charge is -2.27. The van der Waals surface area contributed by atoms with Crippen LogP contribution in [0.3, 0.4) is 0 Å². The maximum atomic E-state index is 5.41. The van der Waals surface area contributed by atoms with E-state index in [1.54, 1.807) is 0 Å². The monoisotopic (exact) mass is 129 g/mol. The van der Waals surface area contributed by atoms with Gasteiger partial charge < -0.3 is 4.74 Å². The summed E-state index contributed by atoms with van der Waals surface area (Å²) in [7, 11) is 0. The molecule has 1 fully saturated rings. The number of unbranched alkanes of at least 4 members (excludes halogenated alkanes) is 1. The zero-order chi connectivity index (χ0) is 6.53. The van der Waals surface area contributed by atoms with Crippen molar-refractivity contribution in [1.82, 2.24) is 5.32 Å². The molecular weight excluding hydrogens is 114 g/mol. The molecule has 2 nitrogen and oxygen atoms in total. The van der Waals surface area contributed by atoms with E-state index < -0.39 is 0 Å². The summed E-state index contributed by atoms with van der Waals surface area (Å²) in [5.74, 6) is 0. The summed E-state index contributed by atoms with van der Waals surface area (Å²) in [5.41, 5.74) is 0. The molecule has 0 aromatic rings. The molecule has 0 saturated carbocycles. The van der Waals surface area contributed by atoms with Crippen molar-refractivity contribution >= 4 is 0 Å². The summed E-state index contributed by atoms with van der Waals surface area (Å²) in [6.07, 6.45) is 4.01. The van der Waals surface area contributed by atoms with Crippen LogP contribution in [0, 0.1) is 0 Å². The Morgan fingerprint density at radius 1 is 1.67 bits per heavy atom. The van der Waals surface area contributed by atoms with Crippen molar-refractivity contribution in [2.45, 2.75) is 32.4 Å². The molecule has 1 N–H and O–H groups in total.